The number of carbonyl (C=O) groups excluding carboxylic acids is 4. The molecule has 0 radical (unpaired) electrons. The Morgan fingerprint density at radius 1 is 0.800 bits per heavy atom. The highest BCUT2D eigenvalue weighted by Crippen LogP contribution is 2.34. The quantitative estimate of drug-likeness (QED) is 0.183. The minimum atomic E-state index is -0.635. The molecule has 2 aromatic heterocycles. The lowest BCUT2D eigenvalue weighted by Gasteiger charge is -2.30. The van der Waals surface area contributed by atoms with Crippen LogP contribution >= 0.6 is 0 Å². The summed E-state index contributed by atoms with van der Waals surface area (Å²) in [5.41, 5.74) is 5.84. The second kappa shape index (κ2) is 15.0. The van der Waals surface area contributed by atoms with Crippen molar-refractivity contribution < 1.29 is 23.9 Å². The number of amides is 4. The second-order valence-electron chi connectivity index (χ2n) is 13.2. The molecule has 4 N–H and O–H groups in total. The van der Waals surface area contributed by atoms with Gasteiger partial charge in [0.15, 0.2) is 0 Å². The van der Waals surface area contributed by atoms with E-state index in [-0.39, 0.29) is 42.3 Å². The van der Waals surface area contributed by atoms with Crippen molar-refractivity contribution in [1.29, 1.82) is 0 Å². The molecule has 0 spiro atoms. The van der Waals surface area contributed by atoms with Crippen molar-refractivity contribution in [3.63, 3.8) is 0 Å². The molecule has 0 bridgehead atoms. The van der Waals surface area contributed by atoms with Gasteiger partial charge in [-0.15, -0.1) is 0 Å². The Morgan fingerprint density at radius 3 is 1.76 bits per heavy atom. The first-order chi connectivity index (χ1) is 24.1. The Balaban J connectivity index is 1.10. The highest BCUT2D eigenvalue weighted by atomic mass is 16.5. The lowest BCUT2D eigenvalue weighted by molar-refractivity contribution is -0.138. The van der Waals surface area contributed by atoms with E-state index in [0.717, 1.165) is 71.0 Å². The van der Waals surface area contributed by atoms with Crippen LogP contribution in [0, 0.1) is 5.92 Å². The van der Waals surface area contributed by atoms with Crippen LogP contribution in [0.4, 0.5) is 4.79 Å². The van der Waals surface area contributed by atoms with Crippen LogP contribution in [-0.2, 0) is 19.1 Å². The van der Waals surface area contributed by atoms with Crippen molar-refractivity contribution in [3.8, 4) is 33.6 Å². The smallest absolute Gasteiger partial charge is 0.407 e. The van der Waals surface area contributed by atoms with E-state index in [9.17, 15) is 19.2 Å². The van der Waals surface area contributed by atoms with Gasteiger partial charge in [0, 0.05) is 20.0 Å². The number of hydrogen-bond acceptors (Lipinski definition) is 7. The van der Waals surface area contributed by atoms with Crippen molar-refractivity contribution in [2.24, 2.45) is 5.92 Å². The molecular formula is C37H44N8O5. The van der Waals surface area contributed by atoms with Crippen molar-refractivity contribution in [3.05, 3.63) is 72.6 Å². The number of benzene rings is 2. The maximum atomic E-state index is 13.4. The summed E-state index contributed by atoms with van der Waals surface area (Å²) in [6.07, 6.45) is 6.31. The lowest BCUT2D eigenvalue weighted by atomic mass is 10.0. The van der Waals surface area contributed by atoms with Crippen molar-refractivity contribution in [2.75, 3.05) is 26.7 Å². The molecule has 0 aliphatic carbocycles. The first-order valence-electron chi connectivity index (χ1n) is 17.1. The van der Waals surface area contributed by atoms with Gasteiger partial charge >= 0.3 is 6.09 Å². The number of alkyl carbamates (subject to hydrolysis) is 1. The van der Waals surface area contributed by atoms with Crippen LogP contribution in [0.5, 0.6) is 0 Å². The van der Waals surface area contributed by atoms with Crippen molar-refractivity contribution >= 4 is 23.8 Å². The third-order valence-corrected chi connectivity index (χ3v) is 9.52. The van der Waals surface area contributed by atoms with Crippen LogP contribution in [0.2, 0.25) is 0 Å². The molecule has 0 saturated carbocycles. The Bertz CT molecular complexity index is 1830. The Kier molecular flexibility index (Phi) is 10.3. The molecule has 3 atom stereocenters. The lowest BCUT2D eigenvalue weighted by Crippen LogP contribution is -2.50. The van der Waals surface area contributed by atoms with E-state index in [4.69, 9.17) is 0 Å². The second-order valence-corrected chi connectivity index (χ2v) is 13.2. The number of nitrogens with one attached hydrogen (secondary N) is 4. The number of aromatic amines is 2. The fraction of sp³-hybridized carbons (Fsp3) is 0.405. The summed E-state index contributed by atoms with van der Waals surface area (Å²) in [5, 5.41) is 5.28. The molecule has 4 aromatic rings. The highest BCUT2D eigenvalue weighted by molar-refractivity contribution is 5.87. The number of H-pyrrole nitrogens is 2. The summed E-state index contributed by atoms with van der Waals surface area (Å²) in [5.74, 6) is 0.992. The van der Waals surface area contributed by atoms with Gasteiger partial charge in [-0.25, -0.2) is 14.8 Å². The summed E-state index contributed by atoms with van der Waals surface area (Å²) < 4.78 is 4.57. The van der Waals surface area contributed by atoms with Crippen LogP contribution in [0.1, 0.15) is 70.2 Å². The van der Waals surface area contributed by atoms with Gasteiger partial charge < -0.3 is 35.1 Å². The number of carbonyl (C=O) groups is 4. The zero-order valence-corrected chi connectivity index (χ0v) is 28.9. The van der Waals surface area contributed by atoms with E-state index in [1.807, 2.05) is 37.1 Å². The third-order valence-electron chi connectivity index (χ3n) is 9.52. The zero-order chi connectivity index (χ0) is 35.4. The monoisotopic (exact) mass is 680 g/mol. The molecule has 13 nitrogen and oxygen atoms in total. The van der Waals surface area contributed by atoms with Crippen molar-refractivity contribution in [2.45, 2.75) is 64.6 Å². The van der Waals surface area contributed by atoms with Crippen LogP contribution < -0.4 is 10.6 Å². The molecule has 2 aliphatic rings. The maximum absolute atomic E-state index is 13.4. The number of rotatable bonds is 10. The summed E-state index contributed by atoms with van der Waals surface area (Å²) in [4.78, 5) is 69.0. The summed E-state index contributed by atoms with van der Waals surface area (Å²) in [6.45, 7) is 6.44. The van der Waals surface area contributed by atoms with E-state index in [2.05, 4.69) is 71.7 Å². The Hall–Kier alpha value is -5.46. The van der Waals surface area contributed by atoms with Gasteiger partial charge in [0.2, 0.25) is 17.7 Å². The number of ether oxygens (including phenoxy) is 1. The zero-order valence-electron chi connectivity index (χ0n) is 28.9. The Morgan fingerprint density at radius 2 is 1.28 bits per heavy atom. The minimum absolute atomic E-state index is 0.0238. The van der Waals surface area contributed by atoms with Gasteiger partial charge in [-0.05, 0) is 53.9 Å². The molecule has 262 valence electrons. The van der Waals surface area contributed by atoms with Gasteiger partial charge in [0.1, 0.15) is 24.2 Å². The largest absolute Gasteiger partial charge is 0.453 e. The van der Waals surface area contributed by atoms with Crippen LogP contribution in [0.3, 0.4) is 0 Å². The van der Waals surface area contributed by atoms with Gasteiger partial charge in [-0.2, -0.15) is 0 Å². The molecule has 2 aliphatic heterocycles. The number of nitrogens with zero attached hydrogens (tertiary/aromatic N) is 4. The number of hydrogen-bond donors (Lipinski definition) is 4. The summed E-state index contributed by atoms with van der Waals surface area (Å²) in [6, 6.07) is 15.6. The third kappa shape index (κ3) is 7.41. The highest BCUT2D eigenvalue weighted by Gasteiger charge is 2.37. The molecule has 1 unspecified atom stereocenters. The fourth-order valence-corrected chi connectivity index (χ4v) is 6.89. The molecule has 6 rings (SSSR count). The van der Waals surface area contributed by atoms with Gasteiger partial charge in [0.05, 0.1) is 43.0 Å². The molecule has 2 fully saturated rings. The maximum Gasteiger partial charge on any atom is 0.407 e. The number of likely N-dealkylation sites (tertiary alicyclic amines) is 2. The van der Waals surface area contributed by atoms with Crippen LogP contribution in [0.15, 0.2) is 60.9 Å². The minimum Gasteiger partial charge on any atom is -0.453 e. The van der Waals surface area contributed by atoms with Gasteiger partial charge in [-0.1, -0.05) is 62.4 Å². The SMILES string of the molecule is COC(=O)NCC(=O)N1CCC[C@H]1c1ncc(-c2ccc(-c3ccc(-c4cnc([C@@H]5CCCN5C(=O)C(NC(C)=O)C(C)C)[nH]4)cc3)cc2)[nH]1. The number of aromatic nitrogens is 4. The molecule has 2 aromatic carbocycles. The molecule has 2 saturated heterocycles. The fourth-order valence-electron chi connectivity index (χ4n) is 6.89. The molecule has 4 heterocycles. The molecule has 13 heteroatoms. The predicted molar refractivity (Wildman–Crippen MR) is 187 cm³/mol. The van der Waals surface area contributed by atoms with Crippen molar-refractivity contribution in [1.82, 2.24) is 40.4 Å². The molecule has 4 amide bonds. The molecule has 50 heavy (non-hydrogen) atoms. The normalized spacial score (nSPS) is 17.9. The summed E-state index contributed by atoms with van der Waals surface area (Å²) >= 11 is 0. The summed E-state index contributed by atoms with van der Waals surface area (Å²) in [7, 11) is 1.26. The average molecular weight is 681 g/mol. The topological polar surface area (TPSA) is 165 Å². The number of imidazole rings is 2. The Labute approximate surface area is 291 Å². The standard InChI is InChI=1S/C37H44N8O5/c1-22(2)33(41-23(3)46)36(48)45-18-6-8-31(45)35-39-20-29(43-35)27-15-11-25(12-16-27)24-9-13-26(14-10-24)28-19-38-34(42-28)30-7-5-17-44(30)32(47)21-40-37(49)50-4/h9-16,19-20,22,30-31,33H,5-8,17-18,21H2,1-4H3,(H,38,42)(H,39,43)(H,40,49)(H,41,46)/t30-,31-,33?/m0/s1. The average Bonchev–Trinajstić information content (AvgIpc) is 3.95. The number of methoxy groups -OCH3 is 1. The predicted octanol–water partition coefficient (Wildman–Crippen LogP) is 4.98. The van der Waals surface area contributed by atoms with E-state index >= 15 is 0 Å². The van der Waals surface area contributed by atoms with E-state index < -0.39 is 12.1 Å². The first-order valence-corrected chi connectivity index (χ1v) is 17.1. The van der Waals surface area contributed by atoms with Crippen LogP contribution in [0.25, 0.3) is 33.6 Å². The molecular weight excluding hydrogens is 636 g/mol. The van der Waals surface area contributed by atoms with E-state index in [1.165, 1.54) is 14.0 Å². The van der Waals surface area contributed by atoms with E-state index in [0.29, 0.717) is 13.1 Å². The van der Waals surface area contributed by atoms with E-state index in [1.54, 1.807) is 11.1 Å². The van der Waals surface area contributed by atoms with Gasteiger partial charge in [0.25, 0.3) is 0 Å². The first kappa shape index (κ1) is 34.4. The van der Waals surface area contributed by atoms with Crippen LogP contribution in [-0.4, -0.2) is 86.3 Å². The van der Waals surface area contributed by atoms with Gasteiger partial charge in [-0.3, -0.25) is 14.4 Å².